The first kappa shape index (κ1) is 14.6. The fraction of sp³-hybridized carbons (Fsp3) is 0.250. The molecule has 104 valence electrons. The summed E-state index contributed by atoms with van der Waals surface area (Å²) in [7, 11) is 0. The van der Waals surface area contributed by atoms with E-state index < -0.39 is 0 Å². The van der Waals surface area contributed by atoms with E-state index in [2.05, 4.69) is 22.4 Å². The third-order valence-corrected chi connectivity index (χ3v) is 4.12. The number of hydrogen-bond acceptors (Lipinski definition) is 3. The van der Waals surface area contributed by atoms with Gasteiger partial charge in [-0.1, -0.05) is 36.4 Å². The SMILES string of the molecule is C[C@@H](SCc1ccccc1)C(=O)NCc1cccnc1. The minimum absolute atomic E-state index is 0.0631. The Hall–Kier alpha value is -1.81. The Morgan fingerprint density at radius 2 is 1.95 bits per heavy atom. The minimum Gasteiger partial charge on any atom is -0.351 e. The lowest BCUT2D eigenvalue weighted by Crippen LogP contribution is -2.30. The van der Waals surface area contributed by atoms with Gasteiger partial charge in [0.2, 0.25) is 5.91 Å². The number of hydrogen-bond donors (Lipinski definition) is 1. The maximum Gasteiger partial charge on any atom is 0.233 e. The van der Waals surface area contributed by atoms with Gasteiger partial charge in [0, 0.05) is 24.7 Å². The molecule has 2 rings (SSSR count). The zero-order valence-electron chi connectivity index (χ0n) is 11.5. The molecule has 0 aliphatic rings. The molecule has 1 amide bonds. The number of pyridine rings is 1. The van der Waals surface area contributed by atoms with Crippen molar-refractivity contribution in [1.29, 1.82) is 0 Å². The molecule has 4 heteroatoms. The van der Waals surface area contributed by atoms with E-state index in [1.165, 1.54) is 5.56 Å². The van der Waals surface area contributed by atoms with Crippen molar-refractivity contribution in [2.24, 2.45) is 0 Å². The Balaban J connectivity index is 1.75. The zero-order chi connectivity index (χ0) is 14.2. The van der Waals surface area contributed by atoms with E-state index in [0.29, 0.717) is 6.54 Å². The zero-order valence-corrected chi connectivity index (χ0v) is 12.3. The fourth-order valence-corrected chi connectivity index (χ4v) is 2.58. The molecule has 1 aromatic carbocycles. The van der Waals surface area contributed by atoms with E-state index in [0.717, 1.165) is 11.3 Å². The van der Waals surface area contributed by atoms with Crippen LogP contribution in [0.5, 0.6) is 0 Å². The number of carbonyl (C=O) groups excluding carboxylic acids is 1. The highest BCUT2D eigenvalue weighted by atomic mass is 32.2. The molecular formula is C16H18N2OS. The van der Waals surface area contributed by atoms with Gasteiger partial charge in [-0.2, -0.15) is 0 Å². The quantitative estimate of drug-likeness (QED) is 0.887. The molecule has 0 unspecified atom stereocenters. The maximum atomic E-state index is 12.0. The number of benzene rings is 1. The predicted molar refractivity (Wildman–Crippen MR) is 83.3 cm³/mol. The van der Waals surface area contributed by atoms with Crippen LogP contribution in [0.3, 0.4) is 0 Å². The molecule has 1 N–H and O–H groups in total. The van der Waals surface area contributed by atoms with Crippen molar-refractivity contribution in [2.45, 2.75) is 24.5 Å². The first-order valence-electron chi connectivity index (χ1n) is 6.58. The highest BCUT2D eigenvalue weighted by Gasteiger charge is 2.12. The molecule has 0 fully saturated rings. The molecule has 0 saturated heterocycles. The van der Waals surface area contributed by atoms with Gasteiger partial charge in [-0.05, 0) is 24.1 Å². The van der Waals surface area contributed by atoms with E-state index in [-0.39, 0.29) is 11.2 Å². The lowest BCUT2D eigenvalue weighted by molar-refractivity contribution is -0.120. The smallest absolute Gasteiger partial charge is 0.233 e. The number of aromatic nitrogens is 1. The van der Waals surface area contributed by atoms with Crippen molar-refractivity contribution < 1.29 is 4.79 Å². The number of nitrogens with zero attached hydrogens (tertiary/aromatic N) is 1. The summed E-state index contributed by atoms with van der Waals surface area (Å²) in [5.74, 6) is 0.914. The summed E-state index contributed by atoms with van der Waals surface area (Å²) in [6.45, 7) is 2.47. The monoisotopic (exact) mass is 286 g/mol. The molecule has 0 aliphatic heterocycles. The summed E-state index contributed by atoms with van der Waals surface area (Å²) in [5.41, 5.74) is 2.26. The van der Waals surface area contributed by atoms with E-state index in [4.69, 9.17) is 0 Å². The van der Waals surface area contributed by atoms with Crippen LogP contribution in [-0.2, 0) is 17.1 Å². The van der Waals surface area contributed by atoms with Gasteiger partial charge in [-0.3, -0.25) is 9.78 Å². The Morgan fingerprint density at radius 3 is 2.65 bits per heavy atom. The van der Waals surface area contributed by atoms with Crippen molar-refractivity contribution in [3.05, 3.63) is 66.0 Å². The van der Waals surface area contributed by atoms with Crippen LogP contribution in [0.15, 0.2) is 54.9 Å². The minimum atomic E-state index is -0.0631. The van der Waals surface area contributed by atoms with Gasteiger partial charge in [0.15, 0.2) is 0 Å². The van der Waals surface area contributed by atoms with Crippen molar-refractivity contribution in [3.8, 4) is 0 Å². The topological polar surface area (TPSA) is 42.0 Å². The molecule has 0 saturated carbocycles. The maximum absolute atomic E-state index is 12.0. The van der Waals surface area contributed by atoms with Crippen LogP contribution in [0, 0.1) is 0 Å². The molecule has 20 heavy (non-hydrogen) atoms. The van der Waals surface area contributed by atoms with E-state index >= 15 is 0 Å². The molecule has 1 atom stereocenters. The average Bonchev–Trinajstić information content (AvgIpc) is 2.52. The molecule has 0 spiro atoms. The van der Waals surface area contributed by atoms with Crippen LogP contribution in [0.1, 0.15) is 18.1 Å². The first-order valence-corrected chi connectivity index (χ1v) is 7.63. The van der Waals surface area contributed by atoms with Crippen LogP contribution < -0.4 is 5.32 Å². The van der Waals surface area contributed by atoms with Gasteiger partial charge >= 0.3 is 0 Å². The fourth-order valence-electron chi connectivity index (χ4n) is 1.71. The summed E-state index contributed by atoms with van der Waals surface area (Å²) in [4.78, 5) is 16.0. The molecule has 3 nitrogen and oxygen atoms in total. The molecule has 0 bridgehead atoms. The first-order chi connectivity index (χ1) is 9.75. The Kier molecular flexibility index (Phi) is 5.62. The highest BCUT2D eigenvalue weighted by molar-refractivity contribution is 7.99. The lowest BCUT2D eigenvalue weighted by Gasteiger charge is -2.12. The number of carbonyl (C=O) groups is 1. The molecule has 1 aromatic heterocycles. The number of nitrogens with one attached hydrogen (secondary N) is 1. The van der Waals surface area contributed by atoms with Gasteiger partial charge in [0.05, 0.1) is 5.25 Å². The second-order valence-electron chi connectivity index (χ2n) is 4.52. The number of amides is 1. The van der Waals surface area contributed by atoms with Crippen molar-refractivity contribution >= 4 is 17.7 Å². The van der Waals surface area contributed by atoms with Gasteiger partial charge in [-0.25, -0.2) is 0 Å². The summed E-state index contributed by atoms with van der Waals surface area (Å²) in [6.07, 6.45) is 3.49. The third kappa shape index (κ3) is 4.70. The van der Waals surface area contributed by atoms with E-state index in [1.807, 2.05) is 37.3 Å². The number of rotatable bonds is 6. The summed E-state index contributed by atoms with van der Waals surface area (Å²) in [6, 6.07) is 14.0. The summed E-state index contributed by atoms with van der Waals surface area (Å²) in [5, 5.41) is 2.87. The third-order valence-electron chi connectivity index (χ3n) is 2.90. The largest absolute Gasteiger partial charge is 0.351 e. The Bertz CT molecular complexity index is 531. The average molecular weight is 286 g/mol. The van der Waals surface area contributed by atoms with Crippen LogP contribution in [0.4, 0.5) is 0 Å². The summed E-state index contributed by atoms with van der Waals surface area (Å²) < 4.78 is 0. The Morgan fingerprint density at radius 1 is 1.20 bits per heavy atom. The van der Waals surface area contributed by atoms with Crippen molar-refractivity contribution in [1.82, 2.24) is 10.3 Å². The van der Waals surface area contributed by atoms with Gasteiger partial charge in [0.25, 0.3) is 0 Å². The van der Waals surface area contributed by atoms with Crippen LogP contribution in [0.25, 0.3) is 0 Å². The predicted octanol–water partition coefficient (Wildman–Crippen LogP) is 3.02. The van der Waals surface area contributed by atoms with Crippen LogP contribution in [0.2, 0.25) is 0 Å². The van der Waals surface area contributed by atoms with Crippen molar-refractivity contribution in [2.75, 3.05) is 0 Å². The second-order valence-corrected chi connectivity index (χ2v) is 5.85. The standard InChI is InChI=1S/C16H18N2OS/c1-13(20-12-14-6-3-2-4-7-14)16(19)18-11-15-8-5-9-17-10-15/h2-10,13H,11-12H2,1H3,(H,18,19)/t13-/m1/s1. The van der Waals surface area contributed by atoms with Crippen LogP contribution >= 0.6 is 11.8 Å². The second kappa shape index (κ2) is 7.70. The van der Waals surface area contributed by atoms with Crippen LogP contribution in [-0.4, -0.2) is 16.1 Å². The molecular weight excluding hydrogens is 268 g/mol. The van der Waals surface area contributed by atoms with Gasteiger partial charge in [0.1, 0.15) is 0 Å². The normalized spacial score (nSPS) is 11.8. The Labute approximate surface area is 123 Å². The van der Waals surface area contributed by atoms with Gasteiger partial charge < -0.3 is 5.32 Å². The highest BCUT2D eigenvalue weighted by Crippen LogP contribution is 2.17. The van der Waals surface area contributed by atoms with E-state index in [9.17, 15) is 4.79 Å². The summed E-state index contributed by atoms with van der Waals surface area (Å²) >= 11 is 1.65. The molecule has 1 heterocycles. The number of thioether (sulfide) groups is 1. The van der Waals surface area contributed by atoms with Crippen molar-refractivity contribution in [3.63, 3.8) is 0 Å². The van der Waals surface area contributed by atoms with Gasteiger partial charge in [-0.15, -0.1) is 11.8 Å². The molecule has 0 radical (unpaired) electrons. The van der Waals surface area contributed by atoms with E-state index in [1.54, 1.807) is 24.2 Å². The molecule has 0 aliphatic carbocycles. The molecule has 2 aromatic rings. The lowest BCUT2D eigenvalue weighted by atomic mass is 10.2.